The average Bonchev–Trinajstić information content (AvgIpc) is 2.45. The van der Waals surface area contributed by atoms with Crippen LogP contribution in [0.1, 0.15) is 39.9 Å². The van der Waals surface area contributed by atoms with Gasteiger partial charge in [0.2, 0.25) is 0 Å². The van der Waals surface area contributed by atoms with Crippen LogP contribution in [-0.4, -0.2) is 5.78 Å². The van der Waals surface area contributed by atoms with Gasteiger partial charge in [0.1, 0.15) is 0 Å². The topological polar surface area (TPSA) is 17.1 Å². The predicted octanol–water partition coefficient (Wildman–Crippen LogP) is 5.32. The first kappa shape index (κ1) is 14.0. The SMILES string of the molecule is O=C(c1cc(Br)cc(Br)c1)c1ccc2c(c1)CCCC2. The Morgan fingerprint density at radius 2 is 1.45 bits per heavy atom. The predicted molar refractivity (Wildman–Crippen MR) is 88.4 cm³/mol. The van der Waals surface area contributed by atoms with Gasteiger partial charge in [0, 0.05) is 20.1 Å². The summed E-state index contributed by atoms with van der Waals surface area (Å²) in [5.41, 5.74) is 4.25. The number of rotatable bonds is 2. The van der Waals surface area contributed by atoms with Crippen LogP contribution >= 0.6 is 31.9 Å². The molecule has 20 heavy (non-hydrogen) atoms. The molecule has 0 fully saturated rings. The monoisotopic (exact) mass is 392 g/mol. The van der Waals surface area contributed by atoms with Gasteiger partial charge in [0.15, 0.2) is 5.78 Å². The van der Waals surface area contributed by atoms with Crippen molar-refractivity contribution in [3.63, 3.8) is 0 Å². The van der Waals surface area contributed by atoms with E-state index in [9.17, 15) is 4.79 Å². The Morgan fingerprint density at radius 3 is 2.15 bits per heavy atom. The molecule has 0 bridgehead atoms. The molecule has 102 valence electrons. The van der Waals surface area contributed by atoms with Gasteiger partial charge in [-0.05, 0) is 61.1 Å². The molecule has 0 N–H and O–H groups in total. The molecule has 0 saturated heterocycles. The van der Waals surface area contributed by atoms with Crippen LogP contribution in [0.25, 0.3) is 0 Å². The highest BCUT2D eigenvalue weighted by Gasteiger charge is 2.15. The third kappa shape index (κ3) is 2.89. The van der Waals surface area contributed by atoms with E-state index in [2.05, 4.69) is 44.0 Å². The van der Waals surface area contributed by atoms with Crippen molar-refractivity contribution in [2.24, 2.45) is 0 Å². The molecule has 0 atom stereocenters. The van der Waals surface area contributed by atoms with Gasteiger partial charge in [-0.2, -0.15) is 0 Å². The number of carbonyl (C=O) groups is 1. The van der Waals surface area contributed by atoms with E-state index in [1.54, 1.807) is 0 Å². The minimum atomic E-state index is 0.0837. The van der Waals surface area contributed by atoms with Crippen LogP contribution in [-0.2, 0) is 12.8 Å². The lowest BCUT2D eigenvalue weighted by Gasteiger charge is -2.16. The number of hydrogen-bond donors (Lipinski definition) is 0. The molecule has 0 heterocycles. The Labute approximate surface area is 135 Å². The summed E-state index contributed by atoms with van der Waals surface area (Å²) in [6.45, 7) is 0. The Morgan fingerprint density at radius 1 is 0.800 bits per heavy atom. The van der Waals surface area contributed by atoms with E-state index < -0.39 is 0 Å². The van der Waals surface area contributed by atoms with Crippen molar-refractivity contribution in [2.45, 2.75) is 25.7 Å². The summed E-state index contributed by atoms with van der Waals surface area (Å²) in [5, 5.41) is 0. The summed E-state index contributed by atoms with van der Waals surface area (Å²) in [4.78, 5) is 12.6. The maximum absolute atomic E-state index is 12.6. The van der Waals surface area contributed by atoms with Gasteiger partial charge < -0.3 is 0 Å². The quantitative estimate of drug-likeness (QED) is 0.631. The molecular formula is C17H14Br2O. The number of halogens is 2. The van der Waals surface area contributed by atoms with Crippen LogP contribution in [0.2, 0.25) is 0 Å². The number of carbonyl (C=O) groups excluding carboxylic acids is 1. The van der Waals surface area contributed by atoms with Gasteiger partial charge >= 0.3 is 0 Å². The number of benzene rings is 2. The Bertz CT molecular complexity index is 656. The summed E-state index contributed by atoms with van der Waals surface area (Å²) < 4.78 is 1.82. The molecule has 3 heteroatoms. The third-order valence-electron chi connectivity index (χ3n) is 3.74. The molecule has 1 aliphatic carbocycles. The largest absolute Gasteiger partial charge is 0.289 e. The fraction of sp³-hybridized carbons (Fsp3) is 0.235. The van der Waals surface area contributed by atoms with E-state index in [4.69, 9.17) is 0 Å². The Hall–Kier alpha value is -0.930. The second kappa shape index (κ2) is 5.82. The fourth-order valence-electron chi connectivity index (χ4n) is 2.73. The van der Waals surface area contributed by atoms with Crippen LogP contribution in [0.15, 0.2) is 45.3 Å². The smallest absolute Gasteiger partial charge is 0.193 e. The van der Waals surface area contributed by atoms with E-state index in [1.165, 1.54) is 24.0 Å². The molecule has 0 saturated carbocycles. The molecule has 2 aromatic carbocycles. The first-order chi connectivity index (χ1) is 9.63. The highest BCUT2D eigenvalue weighted by Crippen LogP contribution is 2.25. The lowest BCUT2D eigenvalue weighted by atomic mass is 9.89. The molecule has 3 rings (SSSR count). The van der Waals surface area contributed by atoms with Crippen molar-refractivity contribution in [1.82, 2.24) is 0 Å². The maximum atomic E-state index is 12.6. The normalized spacial score (nSPS) is 13.9. The molecule has 2 aromatic rings. The third-order valence-corrected chi connectivity index (χ3v) is 4.65. The zero-order chi connectivity index (χ0) is 14.1. The van der Waals surface area contributed by atoms with Crippen LogP contribution in [0.3, 0.4) is 0 Å². The highest BCUT2D eigenvalue weighted by molar-refractivity contribution is 9.11. The molecule has 0 aromatic heterocycles. The van der Waals surface area contributed by atoms with Crippen molar-refractivity contribution < 1.29 is 4.79 Å². The van der Waals surface area contributed by atoms with Crippen LogP contribution in [0.5, 0.6) is 0 Å². The summed E-state index contributed by atoms with van der Waals surface area (Å²) in [7, 11) is 0. The number of aryl methyl sites for hydroxylation is 2. The Kier molecular flexibility index (Phi) is 4.08. The highest BCUT2D eigenvalue weighted by atomic mass is 79.9. The van der Waals surface area contributed by atoms with E-state index >= 15 is 0 Å². The first-order valence-electron chi connectivity index (χ1n) is 6.76. The van der Waals surface area contributed by atoms with Crippen LogP contribution in [0, 0.1) is 0 Å². The molecule has 0 aliphatic heterocycles. The molecule has 0 unspecified atom stereocenters. The summed E-state index contributed by atoms with van der Waals surface area (Å²) in [6.07, 6.45) is 4.73. The van der Waals surface area contributed by atoms with Gasteiger partial charge in [0.05, 0.1) is 0 Å². The van der Waals surface area contributed by atoms with Crippen molar-refractivity contribution >= 4 is 37.6 Å². The zero-order valence-corrected chi connectivity index (χ0v) is 14.1. The van der Waals surface area contributed by atoms with Crippen molar-refractivity contribution in [1.29, 1.82) is 0 Å². The van der Waals surface area contributed by atoms with Gasteiger partial charge in [0.25, 0.3) is 0 Å². The molecule has 1 aliphatic rings. The number of fused-ring (bicyclic) bond motifs is 1. The van der Waals surface area contributed by atoms with Gasteiger partial charge in [-0.3, -0.25) is 4.79 Å². The minimum Gasteiger partial charge on any atom is -0.289 e. The molecule has 1 nitrogen and oxygen atoms in total. The van der Waals surface area contributed by atoms with Crippen molar-refractivity contribution in [3.8, 4) is 0 Å². The van der Waals surface area contributed by atoms with E-state index in [0.29, 0.717) is 5.56 Å². The standard InChI is InChI=1S/C17H14Br2O/c18-15-8-14(9-16(19)10-15)17(20)13-6-5-11-3-1-2-4-12(11)7-13/h5-10H,1-4H2. The van der Waals surface area contributed by atoms with Gasteiger partial charge in [-0.15, -0.1) is 0 Å². The molecule has 0 amide bonds. The number of ketones is 1. The minimum absolute atomic E-state index is 0.0837. The summed E-state index contributed by atoms with van der Waals surface area (Å²) in [5.74, 6) is 0.0837. The molecule has 0 spiro atoms. The Balaban J connectivity index is 1.97. The first-order valence-corrected chi connectivity index (χ1v) is 8.35. The van der Waals surface area contributed by atoms with E-state index in [-0.39, 0.29) is 5.78 Å². The second-order valence-electron chi connectivity index (χ2n) is 5.18. The summed E-state index contributed by atoms with van der Waals surface area (Å²) in [6, 6.07) is 11.8. The van der Waals surface area contributed by atoms with E-state index in [0.717, 1.165) is 27.4 Å². The molecular weight excluding hydrogens is 380 g/mol. The second-order valence-corrected chi connectivity index (χ2v) is 7.01. The van der Waals surface area contributed by atoms with Gasteiger partial charge in [-0.1, -0.05) is 44.0 Å². The van der Waals surface area contributed by atoms with Crippen molar-refractivity contribution in [3.05, 3.63) is 67.6 Å². The fourth-order valence-corrected chi connectivity index (χ4v) is 4.02. The maximum Gasteiger partial charge on any atom is 0.193 e. The lowest BCUT2D eigenvalue weighted by molar-refractivity contribution is 0.103. The number of hydrogen-bond acceptors (Lipinski definition) is 1. The van der Waals surface area contributed by atoms with Crippen molar-refractivity contribution in [2.75, 3.05) is 0 Å². The lowest BCUT2D eigenvalue weighted by Crippen LogP contribution is -2.07. The van der Waals surface area contributed by atoms with Crippen LogP contribution in [0.4, 0.5) is 0 Å². The van der Waals surface area contributed by atoms with Crippen LogP contribution < -0.4 is 0 Å². The van der Waals surface area contributed by atoms with E-state index in [1.807, 2.05) is 24.3 Å². The summed E-state index contributed by atoms with van der Waals surface area (Å²) >= 11 is 6.86. The van der Waals surface area contributed by atoms with Gasteiger partial charge in [-0.25, -0.2) is 0 Å². The average molecular weight is 394 g/mol. The molecule has 0 radical (unpaired) electrons. The zero-order valence-electron chi connectivity index (χ0n) is 11.0.